The molecule has 4 nitrogen and oxygen atoms in total. The van der Waals surface area contributed by atoms with E-state index in [0.29, 0.717) is 22.8 Å². The fourth-order valence-electron chi connectivity index (χ4n) is 1.81. The van der Waals surface area contributed by atoms with Crippen LogP contribution in [0.15, 0.2) is 51.8 Å². The van der Waals surface area contributed by atoms with Gasteiger partial charge in [-0.15, -0.1) is 0 Å². The lowest BCUT2D eigenvalue weighted by Crippen LogP contribution is -2.15. The molecule has 0 saturated carbocycles. The Balaban J connectivity index is 2.07. The van der Waals surface area contributed by atoms with Crippen LogP contribution in [0.2, 0.25) is 5.02 Å². The van der Waals surface area contributed by atoms with E-state index in [0.717, 1.165) is 5.56 Å². The maximum absolute atomic E-state index is 11.7. The van der Waals surface area contributed by atoms with Crippen LogP contribution in [0.1, 0.15) is 5.56 Å². The molecule has 18 heavy (non-hydrogen) atoms. The fourth-order valence-corrected chi connectivity index (χ4v) is 1.94. The second-order valence-electron chi connectivity index (χ2n) is 3.91. The first-order valence-electron chi connectivity index (χ1n) is 5.43. The molecule has 0 aliphatic rings. The Labute approximate surface area is 107 Å². The summed E-state index contributed by atoms with van der Waals surface area (Å²) < 4.78 is 6.61. The van der Waals surface area contributed by atoms with Gasteiger partial charge in [0.05, 0.1) is 6.54 Å². The van der Waals surface area contributed by atoms with Gasteiger partial charge in [-0.2, -0.15) is 0 Å². The van der Waals surface area contributed by atoms with Crippen LogP contribution in [0.5, 0.6) is 0 Å². The van der Waals surface area contributed by atoms with Gasteiger partial charge in [0.25, 0.3) is 0 Å². The summed E-state index contributed by atoms with van der Waals surface area (Å²) in [5.74, 6) is -0.404. The largest absolute Gasteiger partial charge is 0.421 e. The molecule has 0 fully saturated rings. The minimum Gasteiger partial charge on any atom is -0.406 e. The summed E-state index contributed by atoms with van der Waals surface area (Å²) in [6, 6.07) is 10.8. The first-order chi connectivity index (χ1) is 8.74. The molecule has 0 atom stereocenters. The number of rotatable bonds is 2. The molecule has 0 bridgehead atoms. The third kappa shape index (κ3) is 1.91. The lowest BCUT2D eigenvalue weighted by atomic mass is 10.2. The molecule has 0 unspecified atom stereocenters. The molecular weight excluding hydrogens is 252 g/mol. The molecule has 0 amide bonds. The van der Waals surface area contributed by atoms with Crippen molar-refractivity contribution in [3.05, 3.63) is 63.7 Å². The van der Waals surface area contributed by atoms with Crippen molar-refractivity contribution < 1.29 is 4.42 Å². The average Bonchev–Trinajstić information content (AvgIpc) is 2.69. The van der Waals surface area contributed by atoms with Gasteiger partial charge in [0.15, 0.2) is 11.2 Å². The molecule has 90 valence electrons. The van der Waals surface area contributed by atoms with Gasteiger partial charge >= 0.3 is 5.76 Å². The van der Waals surface area contributed by atoms with E-state index in [9.17, 15) is 4.79 Å². The summed E-state index contributed by atoms with van der Waals surface area (Å²) in [5, 5.41) is 0.668. The molecular formula is C13H9ClN2O2. The first-order valence-corrected chi connectivity index (χ1v) is 5.80. The maximum atomic E-state index is 11.7. The van der Waals surface area contributed by atoms with Crippen molar-refractivity contribution in [2.75, 3.05) is 0 Å². The van der Waals surface area contributed by atoms with E-state index in [1.807, 2.05) is 12.1 Å². The van der Waals surface area contributed by atoms with E-state index in [1.165, 1.54) is 4.57 Å². The highest BCUT2D eigenvalue weighted by atomic mass is 35.5. The lowest BCUT2D eigenvalue weighted by molar-refractivity contribution is 0.517. The second-order valence-corrected chi connectivity index (χ2v) is 4.34. The van der Waals surface area contributed by atoms with E-state index in [4.69, 9.17) is 16.0 Å². The van der Waals surface area contributed by atoms with E-state index >= 15 is 0 Å². The number of benzene rings is 1. The van der Waals surface area contributed by atoms with E-state index < -0.39 is 5.76 Å². The number of oxazole rings is 1. The van der Waals surface area contributed by atoms with Crippen molar-refractivity contribution in [2.24, 2.45) is 0 Å². The van der Waals surface area contributed by atoms with Gasteiger partial charge in [0, 0.05) is 11.2 Å². The molecule has 3 aromatic rings. The Morgan fingerprint density at radius 2 is 2.00 bits per heavy atom. The highest BCUT2D eigenvalue weighted by molar-refractivity contribution is 6.30. The Morgan fingerprint density at radius 3 is 2.78 bits per heavy atom. The fraction of sp³-hybridized carbons (Fsp3) is 0.0769. The summed E-state index contributed by atoms with van der Waals surface area (Å²) in [4.78, 5) is 15.9. The van der Waals surface area contributed by atoms with Gasteiger partial charge in [0.2, 0.25) is 0 Å². The number of hydrogen-bond acceptors (Lipinski definition) is 3. The molecule has 0 saturated heterocycles. The number of hydrogen-bond donors (Lipinski definition) is 0. The zero-order chi connectivity index (χ0) is 12.5. The third-order valence-corrected chi connectivity index (χ3v) is 2.93. The smallest absolute Gasteiger partial charge is 0.406 e. The van der Waals surface area contributed by atoms with Gasteiger partial charge in [-0.3, -0.25) is 4.57 Å². The molecule has 5 heteroatoms. The highest BCUT2D eigenvalue weighted by Crippen LogP contribution is 2.13. The first kappa shape index (κ1) is 11.0. The number of fused-ring (bicyclic) bond motifs is 1. The predicted molar refractivity (Wildman–Crippen MR) is 68.8 cm³/mol. The standard InChI is InChI=1S/C13H9ClN2O2/c14-10-5-3-9(4-6-10)8-16-12-11(18-13(16)17)2-1-7-15-12/h1-7H,8H2. The Hall–Kier alpha value is -2.07. The quantitative estimate of drug-likeness (QED) is 0.712. The van der Waals surface area contributed by atoms with Crippen LogP contribution in [0, 0.1) is 0 Å². The lowest BCUT2D eigenvalue weighted by Gasteiger charge is -2.01. The van der Waals surface area contributed by atoms with Crippen LogP contribution in [0.4, 0.5) is 0 Å². The van der Waals surface area contributed by atoms with Gasteiger partial charge in [-0.05, 0) is 29.8 Å². The van der Waals surface area contributed by atoms with Crippen molar-refractivity contribution in [3.8, 4) is 0 Å². The van der Waals surface area contributed by atoms with Gasteiger partial charge in [-0.1, -0.05) is 23.7 Å². The molecule has 2 heterocycles. The molecule has 0 spiro atoms. The number of aromatic nitrogens is 2. The summed E-state index contributed by atoms with van der Waals surface area (Å²) in [6.07, 6.45) is 1.63. The normalized spacial score (nSPS) is 10.9. The number of halogens is 1. The topological polar surface area (TPSA) is 48.0 Å². The van der Waals surface area contributed by atoms with Crippen molar-refractivity contribution >= 4 is 22.8 Å². The molecule has 0 aliphatic heterocycles. The van der Waals surface area contributed by atoms with E-state index in [-0.39, 0.29) is 0 Å². The number of nitrogens with zero attached hydrogens (tertiary/aromatic N) is 2. The summed E-state index contributed by atoms with van der Waals surface area (Å²) in [7, 11) is 0. The van der Waals surface area contributed by atoms with Crippen molar-refractivity contribution in [1.29, 1.82) is 0 Å². The summed E-state index contributed by atoms with van der Waals surface area (Å²) >= 11 is 5.82. The Bertz CT molecular complexity index is 744. The van der Waals surface area contributed by atoms with Crippen molar-refractivity contribution in [3.63, 3.8) is 0 Å². The summed E-state index contributed by atoms with van der Waals surface area (Å²) in [5.41, 5.74) is 2.02. The molecule has 0 N–H and O–H groups in total. The minimum absolute atomic E-state index is 0.404. The van der Waals surface area contributed by atoms with Gasteiger partial charge in [-0.25, -0.2) is 9.78 Å². The molecule has 0 aliphatic carbocycles. The zero-order valence-corrected chi connectivity index (χ0v) is 10.1. The Kier molecular flexibility index (Phi) is 2.64. The van der Waals surface area contributed by atoms with Crippen LogP contribution < -0.4 is 5.76 Å². The van der Waals surface area contributed by atoms with Crippen molar-refractivity contribution in [1.82, 2.24) is 9.55 Å². The van der Waals surface area contributed by atoms with Crippen LogP contribution >= 0.6 is 11.6 Å². The number of pyridine rings is 1. The predicted octanol–water partition coefficient (Wildman–Crippen LogP) is 2.69. The maximum Gasteiger partial charge on any atom is 0.421 e. The van der Waals surface area contributed by atoms with Crippen LogP contribution in [0.3, 0.4) is 0 Å². The van der Waals surface area contributed by atoms with Crippen molar-refractivity contribution in [2.45, 2.75) is 6.54 Å². The Morgan fingerprint density at radius 1 is 1.22 bits per heavy atom. The third-order valence-electron chi connectivity index (χ3n) is 2.68. The molecule has 1 aromatic carbocycles. The molecule has 3 rings (SSSR count). The monoisotopic (exact) mass is 260 g/mol. The van der Waals surface area contributed by atoms with Gasteiger partial charge < -0.3 is 4.42 Å². The van der Waals surface area contributed by atoms with Crippen LogP contribution in [-0.4, -0.2) is 9.55 Å². The second kappa shape index (κ2) is 4.31. The zero-order valence-electron chi connectivity index (χ0n) is 9.34. The molecule has 0 radical (unpaired) electrons. The SMILES string of the molecule is O=c1oc2cccnc2n1Cc1ccc(Cl)cc1. The average molecular weight is 261 g/mol. The van der Waals surface area contributed by atoms with E-state index in [1.54, 1.807) is 30.5 Å². The summed E-state index contributed by atoms with van der Waals surface area (Å²) in [6.45, 7) is 0.417. The van der Waals surface area contributed by atoms with E-state index in [2.05, 4.69) is 4.98 Å². The highest BCUT2D eigenvalue weighted by Gasteiger charge is 2.09. The van der Waals surface area contributed by atoms with Crippen LogP contribution in [-0.2, 0) is 6.54 Å². The van der Waals surface area contributed by atoms with Crippen LogP contribution in [0.25, 0.3) is 11.2 Å². The van der Waals surface area contributed by atoms with Gasteiger partial charge in [0.1, 0.15) is 0 Å². The molecule has 2 aromatic heterocycles. The minimum atomic E-state index is -0.404.